The molecule has 14 heavy (non-hydrogen) atoms. The van der Waals surface area contributed by atoms with Gasteiger partial charge in [-0.05, 0) is 19.1 Å². The molecule has 0 aliphatic heterocycles. The van der Waals surface area contributed by atoms with Gasteiger partial charge in [0.1, 0.15) is 16.9 Å². The molecule has 0 spiro atoms. The number of rotatable bonds is 2. The summed E-state index contributed by atoms with van der Waals surface area (Å²) in [5.74, 6) is 1.93. The number of H-pyrrole nitrogens is 3. The maximum Gasteiger partial charge on any atom is 0.213 e. The van der Waals surface area contributed by atoms with Crippen molar-refractivity contribution in [2.75, 3.05) is 0 Å². The van der Waals surface area contributed by atoms with Crippen LogP contribution in [0.1, 0.15) is 22.7 Å². The highest BCUT2D eigenvalue weighted by Crippen LogP contribution is 2.21. The van der Waals surface area contributed by atoms with E-state index in [0.29, 0.717) is 16.4 Å². The topological polar surface area (TPSA) is 86.0 Å². The number of aromatic nitrogens is 6. The normalized spacial score (nSPS) is 13.0. The van der Waals surface area contributed by atoms with Gasteiger partial charge in [-0.2, -0.15) is 17.7 Å². The lowest BCUT2D eigenvalue weighted by Crippen LogP contribution is -1.98. The molecule has 6 nitrogen and oxygen atoms in total. The molecule has 0 radical (unpaired) electrons. The molecule has 0 aliphatic carbocycles. The van der Waals surface area contributed by atoms with Gasteiger partial charge in [0.2, 0.25) is 4.77 Å². The largest absolute Gasteiger partial charge is 0.284 e. The predicted octanol–water partition coefficient (Wildman–Crippen LogP) is 0.913. The van der Waals surface area contributed by atoms with Crippen molar-refractivity contribution >= 4 is 24.8 Å². The molecule has 0 bridgehead atoms. The highest BCUT2D eigenvalue weighted by Gasteiger charge is 2.16. The van der Waals surface area contributed by atoms with E-state index in [2.05, 4.69) is 43.0 Å². The molecular weight excluding hydrogens is 220 g/mol. The molecule has 2 heterocycles. The van der Waals surface area contributed by atoms with Crippen molar-refractivity contribution in [3.8, 4) is 0 Å². The van der Waals surface area contributed by atoms with Crippen LogP contribution in [0.25, 0.3) is 0 Å². The first-order valence-electron chi connectivity index (χ1n) is 3.88. The third-order valence-corrected chi connectivity index (χ3v) is 2.31. The Kier molecular flexibility index (Phi) is 2.38. The Balaban J connectivity index is 2.32. The monoisotopic (exact) mass is 228 g/mol. The van der Waals surface area contributed by atoms with Gasteiger partial charge in [-0.3, -0.25) is 15.3 Å². The second-order valence-corrected chi connectivity index (χ2v) is 3.64. The van der Waals surface area contributed by atoms with E-state index < -0.39 is 0 Å². The molecule has 3 N–H and O–H groups in total. The van der Waals surface area contributed by atoms with Gasteiger partial charge in [0.15, 0.2) is 5.82 Å². The minimum atomic E-state index is -0.298. The van der Waals surface area contributed by atoms with Crippen LogP contribution in [0.5, 0.6) is 0 Å². The molecule has 0 fully saturated rings. The lowest BCUT2D eigenvalue weighted by molar-refractivity contribution is 0.887. The average Bonchev–Trinajstić information content (AvgIpc) is 2.73. The fourth-order valence-electron chi connectivity index (χ4n) is 1.02. The number of thiol groups is 1. The Morgan fingerprint density at radius 3 is 2.64 bits per heavy atom. The van der Waals surface area contributed by atoms with E-state index >= 15 is 0 Å². The molecule has 0 amide bonds. The third-order valence-electron chi connectivity index (χ3n) is 1.64. The SMILES string of the molecule is Cc1nc(C(S)c2nc(=S)[nH][nH]2)n[nH]1. The third kappa shape index (κ3) is 1.70. The number of nitrogens with one attached hydrogen (secondary N) is 3. The van der Waals surface area contributed by atoms with Crippen LogP contribution < -0.4 is 0 Å². The summed E-state index contributed by atoms with van der Waals surface area (Å²) >= 11 is 9.16. The van der Waals surface area contributed by atoms with Crippen LogP contribution in [0.3, 0.4) is 0 Å². The molecule has 2 aromatic heterocycles. The second-order valence-electron chi connectivity index (χ2n) is 2.73. The van der Waals surface area contributed by atoms with Crippen LogP contribution in [0.15, 0.2) is 0 Å². The Morgan fingerprint density at radius 2 is 2.14 bits per heavy atom. The van der Waals surface area contributed by atoms with Crippen molar-refractivity contribution in [2.24, 2.45) is 0 Å². The summed E-state index contributed by atoms with van der Waals surface area (Å²) < 4.78 is 0.395. The molecule has 1 atom stereocenters. The first-order valence-corrected chi connectivity index (χ1v) is 4.81. The Bertz CT molecular complexity index is 482. The smallest absolute Gasteiger partial charge is 0.213 e. The quantitative estimate of drug-likeness (QED) is 0.454. The molecule has 0 saturated heterocycles. The van der Waals surface area contributed by atoms with Crippen LogP contribution >= 0.6 is 24.8 Å². The Labute approximate surface area is 90.0 Å². The zero-order valence-electron chi connectivity index (χ0n) is 7.27. The average molecular weight is 228 g/mol. The fraction of sp³-hybridized carbons (Fsp3) is 0.333. The van der Waals surface area contributed by atoms with Crippen LogP contribution in [0.2, 0.25) is 0 Å². The summed E-state index contributed by atoms with van der Waals surface area (Å²) in [6.45, 7) is 1.82. The standard InChI is InChI=1S/C6H8N6S2/c1-2-7-4(10-9-2)3(13)5-8-6(14)12-11-5/h3,13H,1H3,(H,7,9,10)(H2,8,11,12,14). The lowest BCUT2D eigenvalue weighted by Gasteiger charge is -1.99. The number of aromatic amines is 3. The summed E-state index contributed by atoms with van der Waals surface area (Å²) in [5, 5.41) is 11.9. The summed E-state index contributed by atoms with van der Waals surface area (Å²) in [6, 6.07) is 0. The number of aryl methyl sites for hydroxylation is 1. The second kappa shape index (κ2) is 3.54. The van der Waals surface area contributed by atoms with Gasteiger partial charge >= 0.3 is 0 Å². The van der Waals surface area contributed by atoms with E-state index in [1.54, 1.807) is 0 Å². The molecular formula is C6H8N6S2. The molecule has 0 aromatic carbocycles. The molecule has 0 saturated carbocycles. The van der Waals surface area contributed by atoms with E-state index in [9.17, 15) is 0 Å². The van der Waals surface area contributed by atoms with Gasteiger partial charge in [0.05, 0.1) is 0 Å². The van der Waals surface area contributed by atoms with E-state index in [1.165, 1.54) is 0 Å². The van der Waals surface area contributed by atoms with Crippen molar-refractivity contribution in [2.45, 2.75) is 12.2 Å². The Morgan fingerprint density at radius 1 is 1.36 bits per heavy atom. The minimum Gasteiger partial charge on any atom is -0.284 e. The summed E-state index contributed by atoms with van der Waals surface area (Å²) in [5.41, 5.74) is 0. The molecule has 74 valence electrons. The van der Waals surface area contributed by atoms with Crippen LogP contribution in [0.4, 0.5) is 0 Å². The number of nitrogens with zero attached hydrogens (tertiary/aromatic N) is 3. The van der Waals surface area contributed by atoms with Gasteiger partial charge in [-0.25, -0.2) is 9.97 Å². The van der Waals surface area contributed by atoms with Crippen molar-refractivity contribution in [1.82, 2.24) is 30.4 Å². The zero-order chi connectivity index (χ0) is 10.1. The van der Waals surface area contributed by atoms with Crippen molar-refractivity contribution in [3.05, 3.63) is 22.2 Å². The van der Waals surface area contributed by atoms with E-state index in [1.807, 2.05) is 6.92 Å². The van der Waals surface area contributed by atoms with Crippen LogP contribution in [-0.2, 0) is 0 Å². The maximum atomic E-state index is 4.83. The van der Waals surface area contributed by atoms with Crippen molar-refractivity contribution in [1.29, 1.82) is 0 Å². The fourth-order valence-corrected chi connectivity index (χ4v) is 1.40. The molecule has 2 aromatic rings. The van der Waals surface area contributed by atoms with E-state index in [-0.39, 0.29) is 5.25 Å². The van der Waals surface area contributed by atoms with E-state index in [4.69, 9.17) is 12.2 Å². The lowest BCUT2D eigenvalue weighted by atomic mass is 10.4. The molecule has 1 unspecified atom stereocenters. The highest BCUT2D eigenvalue weighted by molar-refractivity contribution is 7.80. The van der Waals surface area contributed by atoms with E-state index in [0.717, 1.165) is 5.82 Å². The van der Waals surface area contributed by atoms with Crippen LogP contribution in [0, 0.1) is 11.7 Å². The first-order chi connectivity index (χ1) is 6.66. The van der Waals surface area contributed by atoms with Crippen molar-refractivity contribution in [3.63, 3.8) is 0 Å². The zero-order valence-corrected chi connectivity index (χ0v) is 8.99. The van der Waals surface area contributed by atoms with Gasteiger partial charge < -0.3 is 0 Å². The number of hydrogen-bond donors (Lipinski definition) is 4. The first kappa shape index (κ1) is 9.41. The van der Waals surface area contributed by atoms with Gasteiger partial charge in [0, 0.05) is 0 Å². The Hall–Kier alpha value is -1.15. The summed E-state index contributed by atoms with van der Waals surface area (Å²) in [6.07, 6.45) is 0. The van der Waals surface area contributed by atoms with Gasteiger partial charge in [-0.15, -0.1) is 0 Å². The summed E-state index contributed by atoms with van der Waals surface area (Å²) in [4.78, 5) is 8.17. The van der Waals surface area contributed by atoms with Gasteiger partial charge in [-0.1, -0.05) is 0 Å². The van der Waals surface area contributed by atoms with Crippen LogP contribution in [-0.4, -0.2) is 30.4 Å². The predicted molar refractivity (Wildman–Crippen MR) is 55.7 cm³/mol. The molecule has 0 aliphatic rings. The van der Waals surface area contributed by atoms with Gasteiger partial charge in [0.25, 0.3) is 0 Å². The molecule has 8 heteroatoms. The maximum absolute atomic E-state index is 4.83. The van der Waals surface area contributed by atoms with Crippen molar-refractivity contribution < 1.29 is 0 Å². The highest BCUT2D eigenvalue weighted by atomic mass is 32.1. The number of hydrogen-bond acceptors (Lipinski definition) is 5. The minimum absolute atomic E-state index is 0.298. The molecule has 2 rings (SSSR count). The summed E-state index contributed by atoms with van der Waals surface area (Å²) in [7, 11) is 0.